The summed E-state index contributed by atoms with van der Waals surface area (Å²) in [4.78, 5) is 40.5. The molecule has 0 aliphatic rings. The molecular weight excluding hydrogens is 446 g/mol. The van der Waals surface area contributed by atoms with Gasteiger partial charge in [0.15, 0.2) is 0 Å². The zero-order chi connectivity index (χ0) is 26.3. The minimum Gasteiger partial charge on any atom is -0.507 e. The fraction of sp³-hybridized carbons (Fsp3) is 0.444. The molecule has 2 aromatic rings. The second-order valence-electron chi connectivity index (χ2n) is 9.61. The van der Waals surface area contributed by atoms with E-state index in [-0.39, 0.29) is 18.8 Å². The highest BCUT2D eigenvalue weighted by atomic mass is 16.6. The van der Waals surface area contributed by atoms with Crippen LogP contribution in [-0.2, 0) is 14.3 Å². The van der Waals surface area contributed by atoms with Crippen LogP contribution in [0.2, 0.25) is 0 Å². The highest BCUT2D eigenvalue weighted by Crippen LogP contribution is 2.33. The number of para-hydroxylation sites is 2. The van der Waals surface area contributed by atoms with Crippen molar-refractivity contribution in [2.45, 2.75) is 66.5 Å². The van der Waals surface area contributed by atoms with Crippen molar-refractivity contribution < 1.29 is 24.2 Å². The number of hydrogen-bond acceptors (Lipinski definition) is 5. The normalized spacial score (nSPS) is 12.0. The van der Waals surface area contributed by atoms with Gasteiger partial charge in [0.2, 0.25) is 5.91 Å². The zero-order valence-electron chi connectivity index (χ0n) is 21.7. The summed E-state index contributed by atoms with van der Waals surface area (Å²) in [5, 5.41) is 16.3. The maximum Gasteiger partial charge on any atom is 0.408 e. The first-order chi connectivity index (χ1) is 16.4. The quantitative estimate of drug-likeness (QED) is 0.502. The molecule has 0 aliphatic heterocycles. The molecule has 3 amide bonds. The number of phenols is 1. The molecule has 3 N–H and O–H groups in total. The summed E-state index contributed by atoms with van der Waals surface area (Å²) in [6, 6.07) is 9.67. The topological polar surface area (TPSA) is 108 Å². The maximum absolute atomic E-state index is 13.7. The third kappa shape index (κ3) is 7.47. The van der Waals surface area contributed by atoms with Crippen LogP contribution in [0.25, 0.3) is 0 Å². The van der Waals surface area contributed by atoms with Gasteiger partial charge in [0, 0.05) is 17.8 Å². The van der Waals surface area contributed by atoms with Gasteiger partial charge in [-0.2, -0.15) is 0 Å². The van der Waals surface area contributed by atoms with Gasteiger partial charge >= 0.3 is 6.09 Å². The monoisotopic (exact) mass is 483 g/mol. The van der Waals surface area contributed by atoms with Gasteiger partial charge in [0.25, 0.3) is 5.91 Å². The Morgan fingerprint density at radius 1 is 1.00 bits per heavy atom. The lowest BCUT2D eigenvalue weighted by molar-refractivity contribution is -0.138. The second-order valence-corrected chi connectivity index (χ2v) is 9.61. The number of alkyl carbamates (subject to hydrolysis) is 1. The van der Waals surface area contributed by atoms with Crippen molar-refractivity contribution >= 4 is 23.6 Å². The molecule has 0 radical (unpaired) electrons. The number of nitrogens with zero attached hydrogens (tertiary/aromatic N) is 1. The second kappa shape index (κ2) is 11.7. The number of phenolic OH excluding ortho intramolecular Hbond substituents is 1. The summed E-state index contributed by atoms with van der Waals surface area (Å²) in [5.74, 6) is -0.981. The van der Waals surface area contributed by atoms with Crippen LogP contribution in [0.4, 0.5) is 10.5 Å². The third-order valence-corrected chi connectivity index (χ3v) is 5.42. The Kier molecular flexibility index (Phi) is 9.28. The number of aromatic hydroxyl groups is 1. The largest absolute Gasteiger partial charge is 0.507 e. The molecule has 1 unspecified atom stereocenters. The van der Waals surface area contributed by atoms with Crippen LogP contribution in [0.1, 0.15) is 62.4 Å². The molecule has 0 aromatic heterocycles. The molecule has 0 heterocycles. The molecule has 0 saturated heterocycles. The number of carbonyl (C=O) groups excluding carboxylic acids is 3. The highest BCUT2D eigenvalue weighted by Gasteiger charge is 2.34. The lowest BCUT2D eigenvalue weighted by Crippen LogP contribution is -2.47. The summed E-state index contributed by atoms with van der Waals surface area (Å²) in [6.45, 7) is 12.5. The number of carbonyl (C=O) groups is 3. The van der Waals surface area contributed by atoms with E-state index in [0.29, 0.717) is 23.2 Å². The van der Waals surface area contributed by atoms with Crippen molar-refractivity contribution in [2.24, 2.45) is 0 Å². The Morgan fingerprint density at radius 3 is 2.14 bits per heavy atom. The van der Waals surface area contributed by atoms with Crippen LogP contribution in [0.3, 0.4) is 0 Å². The van der Waals surface area contributed by atoms with Crippen molar-refractivity contribution in [3.05, 3.63) is 58.7 Å². The minimum atomic E-state index is -1.11. The lowest BCUT2D eigenvalue weighted by Gasteiger charge is -2.32. The molecular formula is C27H37N3O5. The molecule has 0 bridgehead atoms. The number of amides is 3. The molecule has 0 fully saturated rings. The predicted molar refractivity (Wildman–Crippen MR) is 136 cm³/mol. The maximum atomic E-state index is 13.7. The van der Waals surface area contributed by atoms with Crippen LogP contribution < -0.4 is 10.6 Å². The Bertz CT molecular complexity index is 1050. The van der Waals surface area contributed by atoms with Crippen LogP contribution in [0, 0.1) is 20.8 Å². The first-order valence-electron chi connectivity index (χ1n) is 11.8. The van der Waals surface area contributed by atoms with E-state index in [9.17, 15) is 19.5 Å². The number of nitrogens with one attached hydrogen (secondary N) is 2. The number of rotatable bonds is 8. The number of ether oxygens (including phenoxy) is 1. The summed E-state index contributed by atoms with van der Waals surface area (Å²) in [6.07, 6.45) is -0.157. The van der Waals surface area contributed by atoms with Gasteiger partial charge in [-0.15, -0.1) is 0 Å². The molecule has 0 spiro atoms. The number of aryl methyl sites for hydroxylation is 3. The summed E-state index contributed by atoms with van der Waals surface area (Å²) < 4.78 is 5.22. The molecule has 1 atom stereocenters. The van der Waals surface area contributed by atoms with Gasteiger partial charge in [0.05, 0.1) is 0 Å². The highest BCUT2D eigenvalue weighted by molar-refractivity contribution is 5.99. The Balaban J connectivity index is 2.44. The van der Waals surface area contributed by atoms with Crippen molar-refractivity contribution in [2.75, 3.05) is 18.4 Å². The fourth-order valence-electron chi connectivity index (χ4n) is 3.76. The van der Waals surface area contributed by atoms with Gasteiger partial charge in [-0.05, 0) is 64.7 Å². The van der Waals surface area contributed by atoms with Gasteiger partial charge in [-0.3, -0.25) is 9.59 Å². The zero-order valence-corrected chi connectivity index (χ0v) is 21.7. The van der Waals surface area contributed by atoms with Crippen LogP contribution in [0.15, 0.2) is 36.4 Å². The smallest absolute Gasteiger partial charge is 0.408 e. The summed E-state index contributed by atoms with van der Waals surface area (Å²) in [7, 11) is 0. The number of benzene rings is 2. The van der Waals surface area contributed by atoms with E-state index in [1.165, 1.54) is 4.90 Å². The van der Waals surface area contributed by atoms with Crippen molar-refractivity contribution in [1.29, 1.82) is 0 Å². The summed E-state index contributed by atoms with van der Waals surface area (Å²) >= 11 is 0. The molecule has 0 saturated carbocycles. The standard InChI is InChI=1S/C27H37N3O5/c1-8-15-30(21(31)16-28-26(34)35-27(5,6)7)23(20-14-10-13-19(4)24(20)32)25(33)29-22-17(2)11-9-12-18(22)3/h9-14,23,32H,8,15-16H2,1-7H3,(H,28,34)(H,29,33). The van der Waals surface area contributed by atoms with E-state index >= 15 is 0 Å². The molecule has 8 heteroatoms. The molecule has 190 valence electrons. The van der Waals surface area contributed by atoms with E-state index in [1.54, 1.807) is 45.9 Å². The van der Waals surface area contributed by atoms with E-state index < -0.39 is 29.6 Å². The average molecular weight is 484 g/mol. The van der Waals surface area contributed by atoms with Crippen LogP contribution in [0.5, 0.6) is 5.75 Å². The first kappa shape index (κ1) is 27.7. The van der Waals surface area contributed by atoms with Crippen molar-refractivity contribution in [3.8, 4) is 5.75 Å². The lowest BCUT2D eigenvalue weighted by atomic mass is 9.99. The van der Waals surface area contributed by atoms with E-state index in [2.05, 4.69) is 10.6 Å². The number of anilines is 1. The van der Waals surface area contributed by atoms with Crippen LogP contribution in [-0.4, -0.2) is 46.6 Å². The predicted octanol–water partition coefficient (Wildman–Crippen LogP) is 4.76. The summed E-state index contributed by atoms with van der Waals surface area (Å²) in [5.41, 5.74) is 2.61. The molecule has 35 heavy (non-hydrogen) atoms. The van der Waals surface area contributed by atoms with Gasteiger partial charge in [-0.1, -0.05) is 43.3 Å². The molecule has 2 rings (SSSR count). The van der Waals surface area contributed by atoms with Gasteiger partial charge in [-0.25, -0.2) is 4.79 Å². The molecule has 0 aliphatic carbocycles. The van der Waals surface area contributed by atoms with Crippen molar-refractivity contribution in [1.82, 2.24) is 10.2 Å². The SMILES string of the molecule is CCCN(C(=O)CNC(=O)OC(C)(C)C)C(C(=O)Nc1c(C)cccc1C)c1cccc(C)c1O. The Labute approximate surface area is 207 Å². The van der Waals surface area contributed by atoms with E-state index in [0.717, 1.165) is 11.1 Å². The number of hydrogen-bond donors (Lipinski definition) is 3. The van der Waals surface area contributed by atoms with E-state index in [1.807, 2.05) is 39.0 Å². The third-order valence-electron chi connectivity index (χ3n) is 5.42. The Hall–Kier alpha value is -3.55. The molecule has 8 nitrogen and oxygen atoms in total. The first-order valence-corrected chi connectivity index (χ1v) is 11.8. The fourth-order valence-corrected chi connectivity index (χ4v) is 3.76. The minimum absolute atomic E-state index is 0.0526. The molecule has 2 aromatic carbocycles. The Morgan fingerprint density at radius 2 is 1.57 bits per heavy atom. The van der Waals surface area contributed by atoms with Crippen molar-refractivity contribution in [3.63, 3.8) is 0 Å². The van der Waals surface area contributed by atoms with Gasteiger partial charge < -0.3 is 25.4 Å². The van der Waals surface area contributed by atoms with Crippen LogP contribution >= 0.6 is 0 Å². The average Bonchev–Trinajstić information content (AvgIpc) is 2.76. The van der Waals surface area contributed by atoms with E-state index in [4.69, 9.17) is 4.74 Å². The van der Waals surface area contributed by atoms with Gasteiger partial charge in [0.1, 0.15) is 23.9 Å².